The highest BCUT2D eigenvalue weighted by Gasteiger charge is 2.15. The van der Waals surface area contributed by atoms with Crippen molar-refractivity contribution in [1.82, 2.24) is 10.3 Å². The van der Waals surface area contributed by atoms with Crippen LogP contribution in [-0.4, -0.2) is 24.0 Å². The van der Waals surface area contributed by atoms with Crippen LogP contribution in [0.25, 0.3) is 0 Å². The van der Waals surface area contributed by atoms with Gasteiger partial charge in [0, 0.05) is 41.8 Å². The molecule has 1 fully saturated rings. The van der Waals surface area contributed by atoms with Gasteiger partial charge in [0.2, 0.25) is 0 Å². The second-order valence-electron chi connectivity index (χ2n) is 8.80. The van der Waals surface area contributed by atoms with Crippen LogP contribution < -0.4 is 15.4 Å². The van der Waals surface area contributed by atoms with Gasteiger partial charge in [-0.1, -0.05) is 37.8 Å². The zero-order chi connectivity index (χ0) is 22.9. The topological polar surface area (TPSA) is 63.2 Å². The van der Waals surface area contributed by atoms with E-state index in [4.69, 9.17) is 4.74 Å². The van der Waals surface area contributed by atoms with Crippen molar-refractivity contribution in [1.29, 1.82) is 0 Å². The van der Waals surface area contributed by atoms with Gasteiger partial charge < -0.3 is 15.4 Å². The summed E-state index contributed by atoms with van der Waals surface area (Å²) in [6.45, 7) is 3.39. The van der Waals surface area contributed by atoms with Gasteiger partial charge in [-0.3, -0.25) is 9.78 Å². The fourth-order valence-electron chi connectivity index (χ4n) is 4.37. The van der Waals surface area contributed by atoms with Crippen molar-refractivity contribution in [2.45, 2.75) is 45.4 Å². The lowest BCUT2D eigenvalue weighted by Crippen LogP contribution is -2.25. The van der Waals surface area contributed by atoms with Crippen LogP contribution in [0.4, 0.5) is 11.4 Å². The molecule has 0 bridgehead atoms. The van der Waals surface area contributed by atoms with Crippen molar-refractivity contribution in [2.75, 3.05) is 18.5 Å². The van der Waals surface area contributed by atoms with Crippen molar-refractivity contribution in [2.24, 2.45) is 5.92 Å². The summed E-state index contributed by atoms with van der Waals surface area (Å²) in [6.07, 6.45) is 8.95. The average Bonchev–Trinajstić information content (AvgIpc) is 3.35. The molecule has 3 aromatic rings. The second-order valence-corrected chi connectivity index (χ2v) is 8.80. The molecular formula is C28H33N3O2. The molecule has 5 nitrogen and oxygen atoms in total. The van der Waals surface area contributed by atoms with E-state index in [-0.39, 0.29) is 5.91 Å². The number of aromatic nitrogens is 1. The van der Waals surface area contributed by atoms with Crippen molar-refractivity contribution in [3.8, 4) is 5.75 Å². The number of rotatable bonds is 10. The molecule has 1 saturated carbocycles. The summed E-state index contributed by atoms with van der Waals surface area (Å²) in [7, 11) is 0. The van der Waals surface area contributed by atoms with Crippen LogP contribution in [0.1, 0.15) is 53.7 Å². The molecule has 2 N–H and O–H groups in total. The maximum Gasteiger partial charge on any atom is 0.251 e. The summed E-state index contributed by atoms with van der Waals surface area (Å²) in [4.78, 5) is 16.9. The van der Waals surface area contributed by atoms with E-state index >= 15 is 0 Å². The van der Waals surface area contributed by atoms with Crippen molar-refractivity contribution >= 4 is 17.3 Å². The second kappa shape index (κ2) is 11.5. The van der Waals surface area contributed by atoms with E-state index in [1.165, 1.54) is 25.7 Å². The van der Waals surface area contributed by atoms with E-state index in [1.807, 2.05) is 67.6 Å². The molecule has 0 atom stereocenters. The minimum Gasteiger partial charge on any atom is -0.493 e. The number of nitrogens with zero attached hydrogens (tertiary/aromatic N) is 1. The molecule has 172 valence electrons. The number of anilines is 2. The molecule has 0 spiro atoms. The lowest BCUT2D eigenvalue weighted by atomic mass is 10.0. The Kier molecular flexibility index (Phi) is 7.96. The quantitative estimate of drug-likeness (QED) is 0.399. The van der Waals surface area contributed by atoms with Gasteiger partial charge >= 0.3 is 0 Å². The summed E-state index contributed by atoms with van der Waals surface area (Å²) in [5, 5.41) is 6.51. The van der Waals surface area contributed by atoms with E-state index in [0.717, 1.165) is 53.7 Å². The number of ether oxygens (including phenoxy) is 1. The largest absolute Gasteiger partial charge is 0.493 e. The fourth-order valence-corrected chi connectivity index (χ4v) is 4.37. The molecule has 5 heteroatoms. The summed E-state index contributed by atoms with van der Waals surface area (Å²) in [6, 6.07) is 19.6. The van der Waals surface area contributed by atoms with E-state index in [1.54, 1.807) is 6.20 Å². The lowest BCUT2D eigenvalue weighted by molar-refractivity contribution is 0.0951. The predicted octanol–water partition coefficient (Wildman–Crippen LogP) is 6.07. The Morgan fingerprint density at radius 1 is 1.06 bits per heavy atom. The molecule has 0 unspecified atom stereocenters. The number of benzene rings is 2. The van der Waals surface area contributed by atoms with Crippen molar-refractivity contribution < 1.29 is 9.53 Å². The fraction of sp³-hybridized carbons (Fsp3) is 0.357. The predicted molar refractivity (Wildman–Crippen MR) is 133 cm³/mol. The van der Waals surface area contributed by atoms with Crippen LogP contribution in [0, 0.1) is 12.8 Å². The standard InChI is InChI=1S/C28H33N3O2/c1-21-19-26(33-18-15-24-10-4-5-16-29-24)12-13-27(21)31-25-11-6-9-23(20-25)28(32)30-17-14-22-7-2-3-8-22/h4-6,9-13,16,19-20,22,31H,2-3,7-8,14-15,17-18H2,1H3,(H,30,32). The smallest absolute Gasteiger partial charge is 0.251 e. The molecule has 0 saturated heterocycles. The molecule has 2 aromatic carbocycles. The van der Waals surface area contributed by atoms with Gasteiger partial charge in [0.15, 0.2) is 0 Å². The third-order valence-corrected chi connectivity index (χ3v) is 6.27. The molecule has 1 aromatic heterocycles. The van der Waals surface area contributed by atoms with Gasteiger partial charge in [-0.05, 0) is 73.4 Å². The molecule has 4 rings (SSSR count). The zero-order valence-electron chi connectivity index (χ0n) is 19.3. The lowest BCUT2D eigenvalue weighted by Gasteiger charge is -2.13. The summed E-state index contributed by atoms with van der Waals surface area (Å²) < 4.78 is 5.90. The van der Waals surface area contributed by atoms with Gasteiger partial charge in [0.05, 0.1) is 6.61 Å². The van der Waals surface area contributed by atoms with Gasteiger partial charge in [-0.2, -0.15) is 0 Å². The van der Waals surface area contributed by atoms with Gasteiger partial charge in [0.1, 0.15) is 5.75 Å². The van der Waals surface area contributed by atoms with E-state index in [2.05, 4.69) is 15.6 Å². The maximum absolute atomic E-state index is 12.6. The first-order chi connectivity index (χ1) is 16.2. The monoisotopic (exact) mass is 443 g/mol. The van der Waals surface area contributed by atoms with Crippen LogP contribution in [0.15, 0.2) is 66.9 Å². The van der Waals surface area contributed by atoms with Crippen LogP contribution in [0.2, 0.25) is 0 Å². The molecule has 0 radical (unpaired) electrons. The Balaban J connectivity index is 1.29. The molecule has 33 heavy (non-hydrogen) atoms. The summed E-state index contributed by atoms with van der Waals surface area (Å²) in [5.41, 5.74) is 4.67. The highest BCUT2D eigenvalue weighted by Crippen LogP contribution is 2.27. The Bertz CT molecular complexity index is 1050. The number of hydrogen-bond acceptors (Lipinski definition) is 4. The molecule has 1 aliphatic carbocycles. The van der Waals surface area contributed by atoms with Gasteiger partial charge in [-0.15, -0.1) is 0 Å². The van der Waals surface area contributed by atoms with Crippen LogP contribution in [0.5, 0.6) is 5.75 Å². The minimum absolute atomic E-state index is 0.00924. The number of aryl methyl sites for hydroxylation is 1. The number of amides is 1. The molecule has 1 amide bonds. The minimum atomic E-state index is -0.00924. The third-order valence-electron chi connectivity index (χ3n) is 6.27. The Morgan fingerprint density at radius 2 is 1.94 bits per heavy atom. The Morgan fingerprint density at radius 3 is 2.73 bits per heavy atom. The summed E-state index contributed by atoms with van der Waals surface area (Å²) in [5.74, 6) is 1.61. The molecular weight excluding hydrogens is 410 g/mol. The highest BCUT2D eigenvalue weighted by molar-refractivity contribution is 5.95. The zero-order valence-corrected chi connectivity index (χ0v) is 19.3. The first-order valence-corrected chi connectivity index (χ1v) is 12.0. The van der Waals surface area contributed by atoms with Crippen molar-refractivity contribution in [3.63, 3.8) is 0 Å². The molecule has 0 aliphatic heterocycles. The highest BCUT2D eigenvalue weighted by atomic mass is 16.5. The van der Waals surface area contributed by atoms with Crippen LogP contribution in [-0.2, 0) is 6.42 Å². The summed E-state index contributed by atoms with van der Waals surface area (Å²) >= 11 is 0. The number of carbonyl (C=O) groups excluding carboxylic acids is 1. The SMILES string of the molecule is Cc1cc(OCCc2ccccn2)ccc1Nc1cccc(C(=O)NCCC2CCCC2)c1. The van der Waals surface area contributed by atoms with E-state index in [0.29, 0.717) is 12.2 Å². The van der Waals surface area contributed by atoms with E-state index in [9.17, 15) is 4.79 Å². The number of nitrogens with one attached hydrogen (secondary N) is 2. The Labute approximate surface area is 196 Å². The molecule has 1 heterocycles. The van der Waals surface area contributed by atoms with Gasteiger partial charge in [-0.25, -0.2) is 0 Å². The van der Waals surface area contributed by atoms with Crippen LogP contribution in [0.3, 0.4) is 0 Å². The normalized spacial score (nSPS) is 13.6. The van der Waals surface area contributed by atoms with Gasteiger partial charge in [0.25, 0.3) is 5.91 Å². The molecule has 1 aliphatic rings. The first-order valence-electron chi connectivity index (χ1n) is 12.0. The Hall–Kier alpha value is -3.34. The van der Waals surface area contributed by atoms with E-state index < -0.39 is 0 Å². The maximum atomic E-state index is 12.6. The number of hydrogen-bond donors (Lipinski definition) is 2. The third kappa shape index (κ3) is 6.82. The number of carbonyl (C=O) groups is 1. The van der Waals surface area contributed by atoms with Crippen LogP contribution >= 0.6 is 0 Å². The average molecular weight is 444 g/mol. The number of pyridine rings is 1. The van der Waals surface area contributed by atoms with Crippen molar-refractivity contribution in [3.05, 3.63) is 83.7 Å². The first kappa shape index (κ1) is 22.8.